The maximum Gasteiger partial charge on any atom is 0.262 e. The van der Waals surface area contributed by atoms with Crippen LogP contribution in [0.15, 0.2) is 42.5 Å². The number of aromatic nitrogens is 1. The number of aryl methyl sites for hydroxylation is 1. The summed E-state index contributed by atoms with van der Waals surface area (Å²) >= 11 is 14.6. The van der Waals surface area contributed by atoms with E-state index in [2.05, 4.69) is 32.9 Å². The van der Waals surface area contributed by atoms with Gasteiger partial charge >= 0.3 is 0 Å². The molecular formula is C18H13Cl2IN2O2. The number of nitrogens with one attached hydrogen (secondary N) is 1. The predicted molar refractivity (Wildman–Crippen MR) is 110 cm³/mol. The van der Waals surface area contributed by atoms with Crippen LogP contribution < -0.4 is 10.1 Å². The number of hydrogen-bond donors (Lipinski definition) is 1. The van der Waals surface area contributed by atoms with Crippen molar-refractivity contribution < 1.29 is 9.53 Å². The van der Waals surface area contributed by atoms with Crippen LogP contribution in [0.3, 0.4) is 0 Å². The zero-order chi connectivity index (χ0) is 18.0. The van der Waals surface area contributed by atoms with Gasteiger partial charge in [0.25, 0.3) is 5.91 Å². The Labute approximate surface area is 168 Å². The standard InChI is InChI=1S/C18H13Cl2IN2O2/c1-10-5-6-13-14(19)8-15(20)18(17(13)22-10)25-9-16(24)23-12-4-2-3-11(21)7-12/h2-8H,9H2,1H3,(H,23,24). The second-order valence-electron chi connectivity index (χ2n) is 5.37. The summed E-state index contributed by atoms with van der Waals surface area (Å²) in [5, 5.41) is 4.32. The first kappa shape index (κ1) is 18.2. The van der Waals surface area contributed by atoms with E-state index in [1.54, 1.807) is 6.07 Å². The fourth-order valence-corrected chi connectivity index (χ4v) is 3.44. The van der Waals surface area contributed by atoms with Gasteiger partial charge in [-0.25, -0.2) is 4.98 Å². The zero-order valence-corrected chi connectivity index (χ0v) is 16.8. The average Bonchev–Trinajstić information content (AvgIpc) is 2.54. The van der Waals surface area contributed by atoms with Crippen LogP contribution in [0.5, 0.6) is 5.75 Å². The Morgan fingerprint density at radius 3 is 2.76 bits per heavy atom. The zero-order valence-electron chi connectivity index (χ0n) is 13.1. The molecule has 0 aliphatic carbocycles. The molecule has 7 heteroatoms. The summed E-state index contributed by atoms with van der Waals surface area (Å²) in [5.41, 5.74) is 2.06. The molecule has 0 aliphatic rings. The molecule has 0 radical (unpaired) electrons. The predicted octanol–water partition coefficient (Wildman–Crippen LogP) is 5.47. The van der Waals surface area contributed by atoms with Gasteiger partial charge < -0.3 is 10.1 Å². The Bertz CT molecular complexity index is 963. The lowest BCUT2D eigenvalue weighted by Crippen LogP contribution is -2.20. The first-order valence-corrected chi connectivity index (χ1v) is 9.21. The Morgan fingerprint density at radius 2 is 2.00 bits per heavy atom. The third-order valence-electron chi connectivity index (χ3n) is 3.43. The van der Waals surface area contributed by atoms with Gasteiger partial charge in [-0.1, -0.05) is 29.3 Å². The van der Waals surface area contributed by atoms with Gasteiger partial charge in [-0.05, 0) is 65.9 Å². The van der Waals surface area contributed by atoms with Crippen LogP contribution in [-0.4, -0.2) is 17.5 Å². The normalized spacial score (nSPS) is 10.7. The molecule has 1 heterocycles. The van der Waals surface area contributed by atoms with Crippen molar-refractivity contribution in [2.45, 2.75) is 6.92 Å². The molecule has 0 aliphatic heterocycles. The average molecular weight is 487 g/mol. The topological polar surface area (TPSA) is 51.2 Å². The number of ether oxygens (including phenoxy) is 1. The molecule has 25 heavy (non-hydrogen) atoms. The highest BCUT2D eigenvalue weighted by Gasteiger charge is 2.15. The number of amides is 1. The van der Waals surface area contributed by atoms with Crippen molar-refractivity contribution in [3.63, 3.8) is 0 Å². The summed E-state index contributed by atoms with van der Waals surface area (Å²) in [7, 11) is 0. The van der Waals surface area contributed by atoms with Crippen molar-refractivity contribution in [1.82, 2.24) is 4.98 Å². The number of carbonyl (C=O) groups excluding carboxylic acids is 1. The van der Waals surface area contributed by atoms with Gasteiger partial charge in [0.2, 0.25) is 0 Å². The summed E-state index contributed by atoms with van der Waals surface area (Å²) in [5.74, 6) is 0.0661. The minimum Gasteiger partial charge on any atom is -0.480 e. The van der Waals surface area contributed by atoms with Gasteiger partial charge in [0.15, 0.2) is 12.4 Å². The van der Waals surface area contributed by atoms with Crippen LogP contribution in [0.25, 0.3) is 10.9 Å². The summed E-state index contributed by atoms with van der Waals surface area (Å²) < 4.78 is 6.69. The van der Waals surface area contributed by atoms with E-state index >= 15 is 0 Å². The monoisotopic (exact) mass is 486 g/mol. The number of nitrogens with zero attached hydrogens (tertiary/aromatic N) is 1. The maximum atomic E-state index is 12.2. The van der Waals surface area contributed by atoms with E-state index in [0.29, 0.717) is 27.0 Å². The van der Waals surface area contributed by atoms with E-state index in [9.17, 15) is 4.79 Å². The van der Waals surface area contributed by atoms with E-state index in [0.717, 1.165) is 14.7 Å². The molecule has 1 N–H and O–H groups in total. The van der Waals surface area contributed by atoms with Gasteiger partial charge in [-0.15, -0.1) is 0 Å². The van der Waals surface area contributed by atoms with E-state index in [-0.39, 0.29) is 12.5 Å². The van der Waals surface area contributed by atoms with Gasteiger partial charge in [0.05, 0.1) is 10.0 Å². The molecule has 0 spiro atoms. The summed E-state index contributed by atoms with van der Waals surface area (Å²) in [4.78, 5) is 16.6. The van der Waals surface area contributed by atoms with Crippen molar-refractivity contribution in [3.05, 3.63) is 61.8 Å². The third kappa shape index (κ3) is 4.34. The van der Waals surface area contributed by atoms with Crippen molar-refractivity contribution in [1.29, 1.82) is 0 Å². The molecule has 1 aromatic heterocycles. The van der Waals surface area contributed by atoms with Crippen molar-refractivity contribution >= 4 is 68.3 Å². The largest absolute Gasteiger partial charge is 0.480 e. The second-order valence-corrected chi connectivity index (χ2v) is 7.43. The first-order valence-electron chi connectivity index (χ1n) is 7.37. The van der Waals surface area contributed by atoms with Gasteiger partial charge in [-0.3, -0.25) is 4.79 Å². The second kappa shape index (κ2) is 7.76. The highest BCUT2D eigenvalue weighted by Crippen LogP contribution is 2.37. The molecule has 0 fully saturated rings. The minimum absolute atomic E-state index is 0.183. The number of carbonyl (C=O) groups is 1. The number of halogens is 3. The maximum absolute atomic E-state index is 12.2. The molecule has 0 saturated carbocycles. The fourth-order valence-electron chi connectivity index (χ4n) is 2.33. The number of benzene rings is 2. The Morgan fingerprint density at radius 1 is 1.20 bits per heavy atom. The summed E-state index contributed by atoms with van der Waals surface area (Å²) in [6, 6.07) is 12.8. The molecule has 0 bridgehead atoms. The van der Waals surface area contributed by atoms with Crippen LogP contribution >= 0.6 is 45.8 Å². The first-order chi connectivity index (χ1) is 11.9. The minimum atomic E-state index is -0.284. The molecule has 1 amide bonds. The van der Waals surface area contributed by atoms with E-state index in [1.165, 1.54) is 0 Å². The van der Waals surface area contributed by atoms with Crippen LogP contribution in [0.4, 0.5) is 5.69 Å². The summed E-state index contributed by atoms with van der Waals surface area (Å²) in [6.07, 6.45) is 0. The Balaban J connectivity index is 1.81. The van der Waals surface area contributed by atoms with Crippen LogP contribution in [0.2, 0.25) is 10.0 Å². The van der Waals surface area contributed by atoms with Crippen LogP contribution in [0.1, 0.15) is 5.69 Å². The lowest BCUT2D eigenvalue weighted by molar-refractivity contribution is -0.118. The molecule has 128 valence electrons. The lowest BCUT2D eigenvalue weighted by Gasteiger charge is -2.12. The molecule has 2 aromatic carbocycles. The van der Waals surface area contributed by atoms with Crippen molar-refractivity contribution in [3.8, 4) is 5.75 Å². The van der Waals surface area contributed by atoms with Crippen LogP contribution in [-0.2, 0) is 4.79 Å². The Kier molecular flexibility index (Phi) is 5.66. The van der Waals surface area contributed by atoms with Crippen molar-refractivity contribution in [2.24, 2.45) is 0 Å². The number of fused-ring (bicyclic) bond motifs is 1. The fraction of sp³-hybridized carbons (Fsp3) is 0.111. The number of hydrogen-bond acceptors (Lipinski definition) is 3. The molecule has 3 aromatic rings. The van der Waals surface area contributed by atoms with E-state index in [1.807, 2.05) is 43.3 Å². The SMILES string of the molecule is Cc1ccc2c(Cl)cc(Cl)c(OCC(=O)Nc3cccc(I)c3)c2n1. The molecule has 3 rings (SSSR count). The van der Waals surface area contributed by atoms with E-state index < -0.39 is 0 Å². The number of anilines is 1. The lowest BCUT2D eigenvalue weighted by atomic mass is 10.2. The molecule has 0 unspecified atom stereocenters. The van der Waals surface area contributed by atoms with Gasteiger partial charge in [-0.2, -0.15) is 0 Å². The van der Waals surface area contributed by atoms with E-state index in [4.69, 9.17) is 27.9 Å². The van der Waals surface area contributed by atoms with Gasteiger partial charge in [0.1, 0.15) is 5.52 Å². The highest BCUT2D eigenvalue weighted by molar-refractivity contribution is 14.1. The van der Waals surface area contributed by atoms with Crippen molar-refractivity contribution in [2.75, 3.05) is 11.9 Å². The van der Waals surface area contributed by atoms with Crippen LogP contribution in [0, 0.1) is 10.5 Å². The molecular weight excluding hydrogens is 474 g/mol. The number of rotatable bonds is 4. The number of pyridine rings is 1. The smallest absolute Gasteiger partial charge is 0.262 e. The molecule has 4 nitrogen and oxygen atoms in total. The summed E-state index contributed by atoms with van der Waals surface area (Å²) in [6.45, 7) is 1.68. The molecule has 0 saturated heterocycles. The molecule has 0 atom stereocenters. The quantitative estimate of drug-likeness (QED) is 0.497. The Hall–Kier alpha value is -1.57. The van der Waals surface area contributed by atoms with Gasteiger partial charge in [0, 0.05) is 20.3 Å². The third-order valence-corrected chi connectivity index (χ3v) is 4.70. The highest BCUT2D eigenvalue weighted by atomic mass is 127.